The van der Waals surface area contributed by atoms with Crippen LogP contribution < -0.4 is 0 Å². The number of hydrogen-bond donors (Lipinski definition) is 0. The van der Waals surface area contributed by atoms with Gasteiger partial charge in [0, 0.05) is 27.8 Å². The molecule has 7 aromatic carbocycles. The molecule has 0 aliphatic heterocycles. The van der Waals surface area contributed by atoms with Crippen LogP contribution in [-0.4, -0.2) is 0 Å². The zero-order valence-electron chi connectivity index (χ0n) is 22.7. The van der Waals surface area contributed by atoms with Crippen LogP contribution in [0.5, 0.6) is 0 Å². The minimum Gasteiger partial charge on any atom is -0.464 e. The summed E-state index contributed by atoms with van der Waals surface area (Å²) in [7, 11) is 0. The molecule has 42 heavy (non-hydrogen) atoms. The van der Waals surface area contributed by atoms with Crippen LogP contribution in [0.2, 0.25) is 0 Å². The zero-order valence-corrected chi connectivity index (χ0v) is 22.7. The Hall–Kier alpha value is -5.60. The van der Waals surface area contributed by atoms with Crippen molar-refractivity contribution >= 4 is 54.5 Å². The molecule has 0 aliphatic rings. The van der Waals surface area contributed by atoms with Gasteiger partial charge in [0.2, 0.25) is 0 Å². The first-order valence-electron chi connectivity index (χ1n) is 14.3. The number of hydrogen-bond acceptors (Lipinski definition) is 2. The highest BCUT2D eigenvalue weighted by molar-refractivity contribution is 6.21. The molecule has 0 N–H and O–H groups in total. The van der Waals surface area contributed by atoms with Gasteiger partial charge in [-0.1, -0.05) is 121 Å². The van der Waals surface area contributed by atoms with Crippen LogP contribution in [0.25, 0.3) is 87.8 Å². The van der Waals surface area contributed by atoms with Crippen molar-refractivity contribution < 1.29 is 8.83 Å². The third-order valence-corrected chi connectivity index (χ3v) is 8.55. The monoisotopic (exact) mass is 536 g/mol. The second-order valence-electron chi connectivity index (χ2n) is 10.9. The van der Waals surface area contributed by atoms with E-state index in [1.54, 1.807) is 6.26 Å². The van der Waals surface area contributed by atoms with Crippen LogP contribution in [0.1, 0.15) is 0 Å². The van der Waals surface area contributed by atoms with Crippen molar-refractivity contribution in [3.8, 4) is 33.4 Å². The maximum Gasteiger partial charge on any atom is 0.143 e. The first kappa shape index (κ1) is 23.1. The zero-order chi connectivity index (χ0) is 27.6. The van der Waals surface area contributed by atoms with E-state index in [-0.39, 0.29) is 0 Å². The van der Waals surface area contributed by atoms with Crippen LogP contribution >= 0.6 is 0 Å². The van der Waals surface area contributed by atoms with Gasteiger partial charge in [0.15, 0.2) is 0 Å². The largest absolute Gasteiger partial charge is 0.464 e. The lowest BCUT2D eigenvalue weighted by Crippen LogP contribution is -1.90. The summed E-state index contributed by atoms with van der Waals surface area (Å²) in [5.74, 6) is 0. The molecule has 0 unspecified atom stereocenters. The van der Waals surface area contributed by atoms with E-state index in [0.29, 0.717) is 0 Å². The standard InChI is InChI=1S/C40H24O2/c1-2-9-26(10-3-1)38-30-11-4-6-13-32(30)39(33-14-7-5-12-31(33)38)27-19-17-25(18-20-27)29-15-8-16-34-35-23-28-21-22-41-36(28)24-37(35)42-40(29)34/h1-24H. The fourth-order valence-corrected chi connectivity index (χ4v) is 6.65. The van der Waals surface area contributed by atoms with E-state index in [4.69, 9.17) is 8.83 Å². The lowest BCUT2D eigenvalue weighted by molar-refractivity contribution is 0.613. The van der Waals surface area contributed by atoms with Crippen molar-refractivity contribution in [1.29, 1.82) is 0 Å². The van der Waals surface area contributed by atoms with Gasteiger partial charge in [-0.15, -0.1) is 0 Å². The molecule has 0 bridgehead atoms. The van der Waals surface area contributed by atoms with Gasteiger partial charge in [-0.05, 0) is 61.5 Å². The maximum absolute atomic E-state index is 6.44. The number of rotatable bonds is 3. The molecular weight excluding hydrogens is 512 g/mol. The highest BCUT2D eigenvalue weighted by Crippen LogP contribution is 2.44. The van der Waals surface area contributed by atoms with Crippen molar-refractivity contribution in [3.05, 3.63) is 146 Å². The molecule has 9 rings (SSSR count). The van der Waals surface area contributed by atoms with Gasteiger partial charge in [-0.25, -0.2) is 0 Å². The maximum atomic E-state index is 6.44. The normalized spacial score (nSPS) is 11.8. The summed E-state index contributed by atoms with van der Waals surface area (Å²) in [5.41, 5.74) is 9.76. The van der Waals surface area contributed by atoms with E-state index >= 15 is 0 Å². The Balaban J connectivity index is 1.24. The molecular formula is C40H24O2. The summed E-state index contributed by atoms with van der Waals surface area (Å²) in [4.78, 5) is 0. The van der Waals surface area contributed by atoms with Crippen LogP contribution in [0.3, 0.4) is 0 Å². The first-order valence-corrected chi connectivity index (χ1v) is 14.3. The first-order chi connectivity index (χ1) is 20.8. The topological polar surface area (TPSA) is 26.3 Å². The van der Waals surface area contributed by atoms with Gasteiger partial charge < -0.3 is 8.83 Å². The molecule has 0 saturated carbocycles. The third kappa shape index (κ3) is 3.39. The highest BCUT2D eigenvalue weighted by Gasteiger charge is 2.17. The second-order valence-corrected chi connectivity index (χ2v) is 10.9. The van der Waals surface area contributed by atoms with Crippen molar-refractivity contribution in [3.63, 3.8) is 0 Å². The fraction of sp³-hybridized carbons (Fsp3) is 0. The Morgan fingerprint density at radius 2 is 0.952 bits per heavy atom. The quantitative estimate of drug-likeness (QED) is 0.210. The summed E-state index contributed by atoms with van der Waals surface area (Å²) < 4.78 is 12.1. The van der Waals surface area contributed by atoms with Crippen LogP contribution in [0.15, 0.2) is 155 Å². The number of benzene rings is 7. The molecule has 2 aromatic heterocycles. The molecule has 0 atom stereocenters. The van der Waals surface area contributed by atoms with Gasteiger partial charge in [0.25, 0.3) is 0 Å². The van der Waals surface area contributed by atoms with E-state index in [0.717, 1.165) is 44.0 Å². The molecule has 0 saturated heterocycles. The van der Waals surface area contributed by atoms with Gasteiger partial charge in [0.05, 0.1) is 6.26 Å². The molecule has 0 aliphatic carbocycles. The average molecular weight is 537 g/mol. The van der Waals surface area contributed by atoms with E-state index in [9.17, 15) is 0 Å². The van der Waals surface area contributed by atoms with Gasteiger partial charge in [-0.2, -0.15) is 0 Å². The van der Waals surface area contributed by atoms with Gasteiger partial charge in [0.1, 0.15) is 16.7 Å². The highest BCUT2D eigenvalue weighted by atomic mass is 16.3. The van der Waals surface area contributed by atoms with Crippen molar-refractivity contribution in [1.82, 2.24) is 0 Å². The predicted octanol–water partition coefficient (Wildman–Crippen LogP) is 11.6. The molecule has 2 nitrogen and oxygen atoms in total. The summed E-state index contributed by atoms with van der Waals surface area (Å²) >= 11 is 0. The third-order valence-electron chi connectivity index (χ3n) is 8.55. The van der Waals surface area contributed by atoms with Crippen molar-refractivity contribution in [2.45, 2.75) is 0 Å². The lowest BCUT2D eigenvalue weighted by Gasteiger charge is -2.18. The molecule has 0 fully saturated rings. The average Bonchev–Trinajstić information content (AvgIpc) is 3.66. The Morgan fingerprint density at radius 1 is 0.381 bits per heavy atom. The Morgan fingerprint density at radius 3 is 1.62 bits per heavy atom. The van der Waals surface area contributed by atoms with Gasteiger partial charge in [-0.3, -0.25) is 0 Å². The molecule has 2 heteroatoms. The predicted molar refractivity (Wildman–Crippen MR) is 175 cm³/mol. The minimum absolute atomic E-state index is 0.838. The van der Waals surface area contributed by atoms with Crippen molar-refractivity contribution in [2.75, 3.05) is 0 Å². The minimum atomic E-state index is 0.838. The van der Waals surface area contributed by atoms with Crippen LogP contribution in [0, 0.1) is 0 Å². The van der Waals surface area contributed by atoms with E-state index in [2.05, 4.69) is 127 Å². The van der Waals surface area contributed by atoms with Gasteiger partial charge >= 0.3 is 0 Å². The van der Waals surface area contributed by atoms with Crippen LogP contribution in [-0.2, 0) is 0 Å². The van der Waals surface area contributed by atoms with Crippen molar-refractivity contribution in [2.24, 2.45) is 0 Å². The van der Waals surface area contributed by atoms with E-state index in [1.165, 1.54) is 43.8 Å². The van der Waals surface area contributed by atoms with E-state index < -0.39 is 0 Å². The second kappa shape index (κ2) is 8.95. The Kier molecular flexibility index (Phi) is 4.93. The smallest absolute Gasteiger partial charge is 0.143 e. The molecule has 2 heterocycles. The number of fused-ring (bicyclic) bond motifs is 6. The molecule has 196 valence electrons. The van der Waals surface area contributed by atoms with E-state index in [1.807, 2.05) is 12.1 Å². The molecule has 9 aromatic rings. The summed E-state index contributed by atoms with van der Waals surface area (Å²) in [6, 6.07) is 49.8. The lowest BCUT2D eigenvalue weighted by atomic mass is 9.85. The SMILES string of the molecule is c1ccc(-c2c3ccccc3c(-c3ccc(-c4cccc5c4oc4cc6occc6cc45)cc3)c3ccccc23)cc1. The number of para-hydroxylation sites is 1. The summed E-state index contributed by atoms with van der Waals surface area (Å²) in [5, 5.41) is 8.34. The summed E-state index contributed by atoms with van der Waals surface area (Å²) in [6.45, 7) is 0. The molecule has 0 amide bonds. The Labute approximate surface area is 242 Å². The molecule has 0 spiro atoms. The number of furan rings is 2. The Bertz CT molecular complexity index is 2380. The van der Waals surface area contributed by atoms with Crippen LogP contribution in [0.4, 0.5) is 0 Å². The molecule has 0 radical (unpaired) electrons. The summed E-state index contributed by atoms with van der Waals surface area (Å²) in [6.07, 6.45) is 1.72. The fourth-order valence-electron chi connectivity index (χ4n) is 6.65.